The third-order valence-electron chi connectivity index (χ3n) is 4.55. The predicted octanol–water partition coefficient (Wildman–Crippen LogP) is 2.97. The highest BCUT2D eigenvalue weighted by Crippen LogP contribution is 2.31. The Hall–Kier alpha value is -2.83. The van der Waals surface area contributed by atoms with Crippen LogP contribution in [0.1, 0.15) is 32.6 Å². The summed E-state index contributed by atoms with van der Waals surface area (Å²) in [6.45, 7) is 5.63. The first-order valence-electron chi connectivity index (χ1n) is 8.53. The molecule has 0 fully saturated rings. The van der Waals surface area contributed by atoms with E-state index in [2.05, 4.69) is 4.98 Å². The molecule has 1 aromatic carbocycles. The van der Waals surface area contributed by atoms with Crippen molar-refractivity contribution in [3.63, 3.8) is 0 Å². The zero-order valence-corrected chi connectivity index (χ0v) is 15.4. The number of hydrogen-bond donors (Lipinski definition) is 0. The first-order chi connectivity index (χ1) is 12.4. The van der Waals surface area contributed by atoms with Gasteiger partial charge >= 0.3 is 5.97 Å². The Morgan fingerprint density at radius 2 is 2.19 bits per heavy atom. The highest BCUT2D eigenvalue weighted by molar-refractivity contribution is 5.96. The van der Waals surface area contributed by atoms with Crippen molar-refractivity contribution in [1.82, 2.24) is 9.88 Å². The zero-order chi connectivity index (χ0) is 18.9. The van der Waals surface area contributed by atoms with Crippen molar-refractivity contribution in [2.24, 2.45) is 0 Å². The Labute approximate surface area is 151 Å². The number of oxazole rings is 1. The Balaban J connectivity index is 1.84. The van der Waals surface area contributed by atoms with Gasteiger partial charge in [-0.05, 0) is 25.5 Å². The molecular weight excluding hydrogens is 336 g/mol. The average Bonchev–Trinajstić information content (AvgIpc) is 3.17. The lowest BCUT2D eigenvalue weighted by Gasteiger charge is -2.36. The number of rotatable bonds is 6. The third kappa shape index (κ3) is 3.05. The van der Waals surface area contributed by atoms with E-state index in [4.69, 9.17) is 13.9 Å². The monoisotopic (exact) mass is 358 g/mol. The quantitative estimate of drug-likeness (QED) is 0.739. The van der Waals surface area contributed by atoms with Crippen LogP contribution in [0.5, 0.6) is 5.75 Å². The van der Waals surface area contributed by atoms with Gasteiger partial charge in [-0.2, -0.15) is 0 Å². The molecule has 2 aromatic rings. The molecule has 26 heavy (non-hydrogen) atoms. The van der Waals surface area contributed by atoms with Crippen LogP contribution in [0.4, 0.5) is 0 Å². The van der Waals surface area contributed by atoms with Crippen LogP contribution in [-0.2, 0) is 14.3 Å². The fraction of sp³-hybridized carbons (Fsp3) is 0.421. The van der Waals surface area contributed by atoms with E-state index in [0.717, 1.165) is 6.42 Å². The van der Waals surface area contributed by atoms with Crippen LogP contribution < -0.4 is 4.74 Å². The Morgan fingerprint density at radius 3 is 2.88 bits per heavy atom. The van der Waals surface area contributed by atoms with Crippen LogP contribution in [0.15, 0.2) is 34.5 Å². The molecule has 138 valence electrons. The molecule has 2 heterocycles. The summed E-state index contributed by atoms with van der Waals surface area (Å²) in [4.78, 5) is 30.6. The van der Waals surface area contributed by atoms with E-state index in [0.29, 0.717) is 34.9 Å². The van der Waals surface area contributed by atoms with Gasteiger partial charge in [-0.3, -0.25) is 4.79 Å². The molecule has 1 amide bonds. The number of aromatic nitrogens is 1. The molecule has 7 nitrogen and oxygen atoms in total. The molecule has 1 unspecified atom stereocenters. The van der Waals surface area contributed by atoms with Gasteiger partial charge in [-0.1, -0.05) is 19.4 Å². The van der Waals surface area contributed by atoms with Crippen LogP contribution in [0.3, 0.4) is 0 Å². The van der Waals surface area contributed by atoms with Crippen molar-refractivity contribution >= 4 is 23.0 Å². The molecule has 0 aliphatic carbocycles. The zero-order valence-electron chi connectivity index (χ0n) is 15.4. The molecule has 0 spiro atoms. The summed E-state index contributed by atoms with van der Waals surface area (Å²) in [6.07, 6.45) is 2.65. The molecule has 0 saturated heterocycles. The Morgan fingerprint density at radius 1 is 1.42 bits per heavy atom. The van der Waals surface area contributed by atoms with Crippen molar-refractivity contribution in [3.05, 3.63) is 35.9 Å². The van der Waals surface area contributed by atoms with Gasteiger partial charge in [0, 0.05) is 13.0 Å². The van der Waals surface area contributed by atoms with E-state index in [1.54, 1.807) is 32.0 Å². The summed E-state index contributed by atoms with van der Waals surface area (Å²) in [7, 11) is 1.33. The molecule has 0 N–H and O–H groups in total. The summed E-state index contributed by atoms with van der Waals surface area (Å²) < 4.78 is 16.3. The van der Waals surface area contributed by atoms with Gasteiger partial charge in [0.1, 0.15) is 11.3 Å². The number of para-hydroxylation sites is 1. The maximum atomic E-state index is 12.5. The lowest BCUT2D eigenvalue weighted by Crippen LogP contribution is -2.54. The molecule has 1 atom stereocenters. The van der Waals surface area contributed by atoms with E-state index < -0.39 is 11.5 Å². The summed E-state index contributed by atoms with van der Waals surface area (Å²) >= 11 is 0. The highest BCUT2D eigenvalue weighted by atomic mass is 16.5. The van der Waals surface area contributed by atoms with Gasteiger partial charge in [-0.25, -0.2) is 9.78 Å². The standard InChI is InChI=1S/C19H22N2O5/c1-5-9-19(3,18(23)24-4)21-11-13(10-16(21)22)26-15-8-6-7-14-17(15)20-12(2)25-14/h6-8,10H,5,9,11H2,1-4H3. The van der Waals surface area contributed by atoms with Crippen molar-refractivity contribution < 1.29 is 23.5 Å². The molecular formula is C19H22N2O5. The minimum Gasteiger partial charge on any atom is -0.467 e. The number of amides is 1. The van der Waals surface area contributed by atoms with Crippen LogP contribution >= 0.6 is 0 Å². The van der Waals surface area contributed by atoms with Crippen molar-refractivity contribution in [2.75, 3.05) is 13.7 Å². The van der Waals surface area contributed by atoms with Crippen molar-refractivity contribution in [3.8, 4) is 5.75 Å². The smallest absolute Gasteiger partial charge is 0.331 e. The minimum atomic E-state index is -1.03. The number of nitrogens with zero attached hydrogens (tertiary/aromatic N) is 2. The van der Waals surface area contributed by atoms with Gasteiger partial charge in [-0.15, -0.1) is 0 Å². The molecule has 0 saturated carbocycles. The van der Waals surface area contributed by atoms with E-state index >= 15 is 0 Å². The fourth-order valence-corrected chi connectivity index (χ4v) is 3.29. The topological polar surface area (TPSA) is 81.9 Å². The van der Waals surface area contributed by atoms with Crippen LogP contribution in [0, 0.1) is 6.92 Å². The molecule has 7 heteroatoms. The lowest BCUT2D eigenvalue weighted by atomic mass is 9.94. The second kappa shape index (κ2) is 6.82. The van der Waals surface area contributed by atoms with E-state index in [1.165, 1.54) is 18.1 Å². The lowest BCUT2D eigenvalue weighted by molar-refractivity contribution is -0.159. The summed E-state index contributed by atoms with van der Waals surface area (Å²) in [5, 5.41) is 0. The summed E-state index contributed by atoms with van der Waals surface area (Å²) in [6, 6.07) is 5.37. The van der Waals surface area contributed by atoms with E-state index in [-0.39, 0.29) is 12.5 Å². The van der Waals surface area contributed by atoms with Crippen molar-refractivity contribution in [2.45, 2.75) is 39.2 Å². The normalized spacial score (nSPS) is 16.5. The van der Waals surface area contributed by atoms with Gasteiger partial charge in [0.25, 0.3) is 5.91 Å². The van der Waals surface area contributed by atoms with Gasteiger partial charge in [0.05, 0.1) is 13.7 Å². The molecule has 0 bridgehead atoms. The number of hydrogen-bond acceptors (Lipinski definition) is 6. The number of methoxy groups -OCH3 is 1. The number of esters is 1. The molecule has 0 radical (unpaired) electrons. The molecule has 1 aliphatic rings. The number of carbonyl (C=O) groups excluding carboxylic acids is 2. The van der Waals surface area contributed by atoms with Crippen molar-refractivity contribution in [1.29, 1.82) is 0 Å². The minimum absolute atomic E-state index is 0.192. The van der Waals surface area contributed by atoms with Gasteiger partial charge in [0.2, 0.25) is 0 Å². The van der Waals surface area contributed by atoms with Crippen LogP contribution in [-0.4, -0.2) is 41.0 Å². The number of ether oxygens (including phenoxy) is 2. The number of carbonyl (C=O) groups is 2. The highest BCUT2D eigenvalue weighted by Gasteiger charge is 2.45. The third-order valence-corrected chi connectivity index (χ3v) is 4.55. The second-order valence-electron chi connectivity index (χ2n) is 6.49. The predicted molar refractivity (Wildman–Crippen MR) is 94.5 cm³/mol. The summed E-state index contributed by atoms with van der Waals surface area (Å²) in [5.74, 6) is 0.793. The molecule has 1 aromatic heterocycles. The van der Waals surface area contributed by atoms with Gasteiger partial charge < -0.3 is 18.8 Å². The number of benzene rings is 1. The van der Waals surface area contributed by atoms with Gasteiger partial charge in [0.15, 0.2) is 22.7 Å². The molecule has 1 aliphatic heterocycles. The second-order valence-corrected chi connectivity index (χ2v) is 6.49. The van der Waals surface area contributed by atoms with E-state index in [9.17, 15) is 9.59 Å². The Bertz CT molecular complexity index is 885. The maximum absolute atomic E-state index is 12.5. The number of fused-ring (bicyclic) bond motifs is 1. The first-order valence-corrected chi connectivity index (χ1v) is 8.53. The largest absolute Gasteiger partial charge is 0.467 e. The SMILES string of the molecule is CCCC(C)(C(=O)OC)N1CC(Oc2cccc3oc(C)nc23)=CC1=O. The van der Waals surface area contributed by atoms with Crippen LogP contribution in [0.25, 0.3) is 11.1 Å². The van der Waals surface area contributed by atoms with Crippen LogP contribution in [0.2, 0.25) is 0 Å². The average molecular weight is 358 g/mol. The number of aryl methyl sites for hydroxylation is 1. The fourth-order valence-electron chi connectivity index (χ4n) is 3.29. The molecule has 3 rings (SSSR count). The van der Waals surface area contributed by atoms with E-state index in [1.807, 2.05) is 6.92 Å². The first kappa shape index (κ1) is 18.0. The maximum Gasteiger partial charge on any atom is 0.331 e. The summed E-state index contributed by atoms with van der Waals surface area (Å²) in [5.41, 5.74) is 0.187. The Kier molecular flexibility index (Phi) is 4.71.